The summed E-state index contributed by atoms with van der Waals surface area (Å²) >= 11 is 0. The van der Waals surface area contributed by atoms with Crippen molar-refractivity contribution in [2.75, 3.05) is 0 Å². The minimum absolute atomic E-state index is 0.0566. The van der Waals surface area contributed by atoms with Crippen LogP contribution in [-0.2, 0) is 10.8 Å². The fourth-order valence-corrected chi connectivity index (χ4v) is 3.37. The smallest absolute Gasteiger partial charge is 0.119 e. The van der Waals surface area contributed by atoms with Gasteiger partial charge in [-0.25, -0.2) is 0 Å². The standard InChI is InChI=1S/C20H30O/c1-19(2,3)15-12-13-16(21)18(20(4,5)6)17(15)14-10-8-7-9-11-14/h10,12-13,21H,7-9,11H2,1-6H3. The first-order chi connectivity index (χ1) is 9.62. The molecule has 0 fully saturated rings. The fraction of sp³-hybridized carbons (Fsp3) is 0.600. The molecule has 0 heterocycles. The molecule has 1 N–H and O–H groups in total. The maximum atomic E-state index is 10.5. The fourth-order valence-electron chi connectivity index (χ4n) is 3.37. The topological polar surface area (TPSA) is 20.2 Å². The van der Waals surface area contributed by atoms with Crippen molar-refractivity contribution in [1.29, 1.82) is 0 Å². The van der Waals surface area contributed by atoms with Crippen molar-refractivity contribution in [2.45, 2.75) is 78.1 Å². The highest BCUT2D eigenvalue weighted by molar-refractivity contribution is 5.75. The van der Waals surface area contributed by atoms with E-state index in [9.17, 15) is 5.11 Å². The largest absolute Gasteiger partial charge is 0.508 e. The lowest BCUT2D eigenvalue weighted by molar-refractivity contribution is 0.443. The third-order valence-electron chi connectivity index (χ3n) is 4.35. The van der Waals surface area contributed by atoms with Crippen molar-refractivity contribution in [2.24, 2.45) is 0 Å². The molecule has 1 aliphatic carbocycles. The molecule has 1 nitrogen and oxygen atoms in total. The van der Waals surface area contributed by atoms with Gasteiger partial charge in [-0.05, 0) is 59.3 Å². The number of aromatic hydroxyl groups is 1. The van der Waals surface area contributed by atoms with E-state index in [0.717, 1.165) is 18.4 Å². The number of benzene rings is 1. The lowest BCUT2D eigenvalue weighted by atomic mass is 9.72. The van der Waals surface area contributed by atoms with Crippen LogP contribution in [0.15, 0.2) is 18.2 Å². The zero-order valence-electron chi connectivity index (χ0n) is 14.5. The summed E-state index contributed by atoms with van der Waals surface area (Å²) in [6.07, 6.45) is 7.24. The quantitative estimate of drug-likeness (QED) is 0.677. The summed E-state index contributed by atoms with van der Waals surface area (Å²) in [7, 11) is 0. The van der Waals surface area contributed by atoms with Crippen LogP contribution in [0.2, 0.25) is 0 Å². The maximum absolute atomic E-state index is 10.5. The van der Waals surface area contributed by atoms with Crippen molar-refractivity contribution in [3.63, 3.8) is 0 Å². The van der Waals surface area contributed by atoms with E-state index >= 15 is 0 Å². The molecule has 0 unspecified atom stereocenters. The van der Waals surface area contributed by atoms with Crippen LogP contribution in [0.25, 0.3) is 5.57 Å². The van der Waals surface area contributed by atoms with Gasteiger partial charge in [0, 0.05) is 5.56 Å². The Bertz CT molecular complexity index is 550. The highest BCUT2D eigenvalue weighted by atomic mass is 16.3. The molecule has 1 aromatic carbocycles. The predicted molar refractivity (Wildman–Crippen MR) is 92.0 cm³/mol. The molecule has 0 saturated heterocycles. The molecule has 1 aromatic rings. The van der Waals surface area contributed by atoms with Gasteiger partial charge in [0.25, 0.3) is 0 Å². The van der Waals surface area contributed by atoms with Crippen LogP contribution in [0.1, 0.15) is 83.9 Å². The number of hydrogen-bond acceptors (Lipinski definition) is 1. The second kappa shape index (κ2) is 5.51. The molecule has 0 atom stereocenters. The molecular weight excluding hydrogens is 256 g/mol. The summed E-state index contributed by atoms with van der Waals surface area (Å²) in [5.74, 6) is 0.442. The summed E-state index contributed by atoms with van der Waals surface area (Å²) in [6.45, 7) is 13.4. The van der Waals surface area contributed by atoms with Crippen molar-refractivity contribution in [3.8, 4) is 5.75 Å². The third kappa shape index (κ3) is 3.33. The molecule has 1 aliphatic rings. The molecule has 0 saturated carbocycles. The Hall–Kier alpha value is -1.24. The zero-order valence-corrected chi connectivity index (χ0v) is 14.5. The minimum Gasteiger partial charge on any atom is -0.508 e. The van der Waals surface area contributed by atoms with Crippen LogP contribution < -0.4 is 0 Å². The van der Waals surface area contributed by atoms with Gasteiger partial charge in [-0.3, -0.25) is 0 Å². The molecule has 116 valence electrons. The van der Waals surface area contributed by atoms with Crippen molar-refractivity contribution >= 4 is 5.57 Å². The summed E-state index contributed by atoms with van der Waals surface area (Å²) in [6, 6.07) is 4.00. The van der Waals surface area contributed by atoms with Gasteiger partial charge in [-0.1, -0.05) is 53.7 Å². The molecule has 1 heteroatoms. The average molecular weight is 286 g/mol. The SMILES string of the molecule is CC(C)(C)c1ccc(O)c(C(C)(C)C)c1C1=CCCCC1. The Kier molecular flexibility index (Phi) is 4.24. The van der Waals surface area contributed by atoms with E-state index in [1.165, 1.54) is 29.5 Å². The minimum atomic E-state index is -0.0566. The first kappa shape index (κ1) is 16.1. The van der Waals surface area contributed by atoms with Crippen LogP contribution in [0.3, 0.4) is 0 Å². The molecule has 0 aliphatic heterocycles. The van der Waals surface area contributed by atoms with E-state index in [2.05, 4.69) is 53.7 Å². The number of allylic oxidation sites excluding steroid dienone is 2. The molecule has 0 radical (unpaired) electrons. The van der Waals surface area contributed by atoms with Gasteiger partial charge in [0.2, 0.25) is 0 Å². The van der Waals surface area contributed by atoms with Crippen molar-refractivity contribution in [3.05, 3.63) is 34.9 Å². The van der Waals surface area contributed by atoms with E-state index < -0.39 is 0 Å². The average Bonchev–Trinajstić information content (AvgIpc) is 2.36. The van der Waals surface area contributed by atoms with Gasteiger partial charge in [-0.15, -0.1) is 0 Å². The number of rotatable bonds is 1. The van der Waals surface area contributed by atoms with Gasteiger partial charge >= 0.3 is 0 Å². The summed E-state index contributed by atoms with van der Waals surface area (Å²) in [5, 5.41) is 10.5. The van der Waals surface area contributed by atoms with Crippen molar-refractivity contribution in [1.82, 2.24) is 0 Å². The highest BCUT2D eigenvalue weighted by Gasteiger charge is 2.29. The second-order valence-corrected chi connectivity index (χ2v) is 8.36. The van der Waals surface area contributed by atoms with Crippen molar-refractivity contribution < 1.29 is 5.11 Å². The Morgan fingerprint density at radius 1 is 0.905 bits per heavy atom. The molecule has 0 spiro atoms. The van der Waals surface area contributed by atoms with Gasteiger partial charge < -0.3 is 5.11 Å². The molecular formula is C20H30O. The first-order valence-corrected chi connectivity index (χ1v) is 8.18. The highest BCUT2D eigenvalue weighted by Crippen LogP contribution is 2.44. The number of phenols is 1. The molecule has 0 bridgehead atoms. The van der Waals surface area contributed by atoms with Crippen LogP contribution >= 0.6 is 0 Å². The van der Waals surface area contributed by atoms with Crippen LogP contribution in [-0.4, -0.2) is 5.11 Å². The first-order valence-electron chi connectivity index (χ1n) is 8.18. The van der Waals surface area contributed by atoms with Gasteiger partial charge in [-0.2, -0.15) is 0 Å². The Labute approximate surface area is 130 Å². The zero-order chi connectivity index (χ0) is 15.8. The normalized spacial score (nSPS) is 16.8. The molecule has 21 heavy (non-hydrogen) atoms. The van der Waals surface area contributed by atoms with E-state index in [0.29, 0.717) is 5.75 Å². The third-order valence-corrected chi connectivity index (χ3v) is 4.35. The Balaban J connectivity index is 2.78. The van der Waals surface area contributed by atoms with E-state index in [-0.39, 0.29) is 10.8 Å². The van der Waals surface area contributed by atoms with E-state index in [1.807, 2.05) is 6.07 Å². The summed E-state index contributed by atoms with van der Waals surface area (Å²) in [4.78, 5) is 0. The van der Waals surface area contributed by atoms with Crippen LogP contribution in [0.5, 0.6) is 5.75 Å². The Morgan fingerprint density at radius 2 is 1.57 bits per heavy atom. The van der Waals surface area contributed by atoms with Crippen LogP contribution in [0.4, 0.5) is 0 Å². The Morgan fingerprint density at radius 3 is 2.05 bits per heavy atom. The molecule has 0 amide bonds. The summed E-state index contributed by atoms with van der Waals surface area (Å²) in [5.41, 5.74) is 5.25. The summed E-state index contributed by atoms with van der Waals surface area (Å²) < 4.78 is 0. The monoisotopic (exact) mass is 286 g/mol. The second-order valence-electron chi connectivity index (χ2n) is 8.36. The predicted octanol–water partition coefficient (Wildman–Crippen LogP) is 5.94. The van der Waals surface area contributed by atoms with Crippen LogP contribution in [0, 0.1) is 0 Å². The molecule has 2 rings (SSSR count). The van der Waals surface area contributed by atoms with Gasteiger partial charge in [0.15, 0.2) is 0 Å². The van der Waals surface area contributed by atoms with E-state index in [4.69, 9.17) is 0 Å². The lowest BCUT2D eigenvalue weighted by Crippen LogP contribution is -2.21. The van der Waals surface area contributed by atoms with E-state index in [1.54, 1.807) is 0 Å². The molecule has 0 aromatic heterocycles. The van der Waals surface area contributed by atoms with Gasteiger partial charge in [0.1, 0.15) is 5.75 Å². The number of hydrogen-bond donors (Lipinski definition) is 1. The van der Waals surface area contributed by atoms with Gasteiger partial charge in [0.05, 0.1) is 0 Å². The lowest BCUT2D eigenvalue weighted by Gasteiger charge is -2.32. The number of phenolic OH excluding ortho intramolecular Hbond substituents is 1. The maximum Gasteiger partial charge on any atom is 0.119 e.